The number of ether oxygens (including phenoxy) is 1. The van der Waals surface area contributed by atoms with E-state index in [0.29, 0.717) is 19.6 Å². The minimum atomic E-state index is -0.803. The van der Waals surface area contributed by atoms with Gasteiger partial charge in [-0.05, 0) is 31.4 Å². The van der Waals surface area contributed by atoms with Crippen LogP contribution in [0.4, 0.5) is 0 Å². The van der Waals surface area contributed by atoms with Crippen LogP contribution in [-0.4, -0.2) is 35.7 Å². The van der Waals surface area contributed by atoms with Crippen molar-refractivity contribution in [2.45, 2.75) is 25.9 Å². The number of nitrogens with one attached hydrogen (secondary N) is 1. The summed E-state index contributed by atoms with van der Waals surface area (Å²) in [5.74, 6) is 0.839. The molecule has 0 aliphatic heterocycles. The molecule has 1 aromatic rings. The molecule has 0 amide bonds. The van der Waals surface area contributed by atoms with E-state index >= 15 is 0 Å². The molecule has 0 heterocycles. The second-order valence-electron chi connectivity index (χ2n) is 4.09. The Hall–Kier alpha value is -1.20. The molecular formula is C14H21NO3S. The molecule has 0 bridgehead atoms. The highest BCUT2D eigenvalue weighted by atomic mass is 32.2. The number of carboxylic acid groups (broad SMARTS) is 1. The van der Waals surface area contributed by atoms with Gasteiger partial charge in [-0.15, -0.1) is 0 Å². The predicted molar refractivity (Wildman–Crippen MR) is 78.9 cm³/mol. The third kappa shape index (κ3) is 5.53. The molecule has 0 spiro atoms. The standard InChI is InChI=1S/C14H21NO3S/c1-3-18-13-7-5-4-6-11(13)10-15-12(14(16)17)8-9-19-2/h4-7,12,15H,3,8-10H2,1-2H3,(H,16,17)/t12-/m0/s1. The maximum absolute atomic E-state index is 11.1. The summed E-state index contributed by atoms with van der Waals surface area (Å²) in [7, 11) is 0. The second kappa shape index (κ2) is 8.82. The number of carbonyl (C=O) groups is 1. The van der Waals surface area contributed by atoms with Crippen molar-refractivity contribution in [3.05, 3.63) is 29.8 Å². The summed E-state index contributed by atoms with van der Waals surface area (Å²) in [6.07, 6.45) is 2.59. The maximum Gasteiger partial charge on any atom is 0.320 e. The fourth-order valence-electron chi connectivity index (χ4n) is 1.73. The van der Waals surface area contributed by atoms with Gasteiger partial charge in [0.15, 0.2) is 0 Å². The Morgan fingerprint density at radius 1 is 1.47 bits per heavy atom. The fraction of sp³-hybridized carbons (Fsp3) is 0.500. The van der Waals surface area contributed by atoms with Crippen molar-refractivity contribution < 1.29 is 14.6 Å². The van der Waals surface area contributed by atoms with Gasteiger partial charge >= 0.3 is 5.97 Å². The van der Waals surface area contributed by atoms with Crippen molar-refractivity contribution in [1.29, 1.82) is 0 Å². The lowest BCUT2D eigenvalue weighted by Gasteiger charge is -2.15. The molecule has 0 aliphatic carbocycles. The minimum absolute atomic E-state index is 0.502. The fourth-order valence-corrected chi connectivity index (χ4v) is 2.20. The molecule has 0 aliphatic rings. The molecule has 0 unspecified atom stereocenters. The van der Waals surface area contributed by atoms with Crippen LogP contribution in [0.1, 0.15) is 18.9 Å². The molecule has 4 nitrogen and oxygen atoms in total. The van der Waals surface area contributed by atoms with E-state index in [1.807, 2.05) is 37.4 Å². The number of para-hydroxylation sites is 1. The van der Waals surface area contributed by atoms with E-state index in [0.717, 1.165) is 17.1 Å². The zero-order valence-corrected chi connectivity index (χ0v) is 12.2. The first kappa shape index (κ1) is 15.9. The average molecular weight is 283 g/mol. The molecule has 19 heavy (non-hydrogen) atoms. The Balaban J connectivity index is 2.60. The molecule has 0 saturated heterocycles. The molecule has 0 saturated carbocycles. The van der Waals surface area contributed by atoms with E-state index in [-0.39, 0.29) is 0 Å². The van der Waals surface area contributed by atoms with Gasteiger partial charge in [-0.2, -0.15) is 11.8 Å². The van der Waals surface area contributed by atoms with Crippen molar-refractivity contribution >= 4 is 17.7 Å². The van der Waals surface area contributed by atoms with Crippen LogP contribution in [0.2, 0.25) is 0 Å². The minimum Gasteiger partial charge on any atom is -0.494 e. The zero-order chi connectivity index (χ0) is 14.1. The van der Waals surface area contributed by atoms with Crippen LogP contribution in [0.5, 0.6) is 5.75 Å². The van der Waals surface area contributed by atoms with E-state index in [1.165, 1.54) is 0 Å². The van der Waals surface area contributed by atoms with E-state index < -0.39 is 12.0 Å². The highest BCUT2D eigenvalue weighted by Crippen LogP contribution is 2.18. The van der Waals surface area contributed by atoms with Crippen molar-refractivity contribution in [2.75, 3.05) is 18.6 Å². The molecule has 1 aromatic carbocycles. The quantitative estimate of drug-likeness (QED) is 0.728. The Morgan fingerprint density at radius 2 is 2.21 bits per heavy atom. The Morgan fingerprint density at radius 3 is 2.84 bits per heavy atom. The predicted octanol–water partition coefficient (Wildman–Crippen LogP) is 2.38. The highest BCUT2D eigenvalue weighted by molar-refractivity contribution is 7.98. The Kier molecular flexibility index (Phi) is 7.36. The first-order chi connectivity index (χ1) is 9.19. The van der Waals surface area contributed by atoms with E-state index in [2.05, 4.69) is 5.32 Å². The van der Waals surface area contributed by atoms with Crippen LogP contribution in [-0.2, 0) is 11.3 Å². The molecule has 0 fully saturated rings. The summed E-state index contributed by atoms with van der Waals surface area (Å²) in [6, 6.07) is 7.18. The number of hydrogen-bond acceptors (Lipinski definition) is 4. The number of hydrogen-bond donors (Lipinski definition) is 2. The normalized spacial score (nSPS) is 12.1. The van der Waals surface area contributed by atoms with Gasteiger partial charge in [0.05, 0.1) is 6.61 Å². The van der Waals surface area contributed by atoms with Gasteiger partial charge < -0.3 is 15.2 Å². The number of aliphatic carboxylic acids is 1. The molecule has 106 valence electrons. The summed E-state index contributed by atoms with van der Waals surface area (Å²) in [5.41, 5.74) is 0.986. The van der Waals surface area contributed by atoms with E-state index in [9.17, 15) is 4.79 Å². The van der Waals surface area contributed by atoms with Crippen LogP contribution in [0.3, 0.4) is 0 Å². The van der Waals surface area contributed by atoms with Gasteiger partial charge in [0.2, 0.25) is 0 Å². The van der Waals surface area contributed by atoms with Gasteiger partial charge in [0, 0.05) is 12.1 Å². The molecule has 1 atom stereocenters. The first-order valence-electron chi connectivity index (χ1n) is 6.34. The summed E-state index contributed by atoms with van der Waals surface area (Å²) < 4.78 is 5.52. The van der Waals surface area contributed by atoms with Gasteiger partial charge in [0.1, 0.15) is 11.8 Å². The van der Waals surface area contributed by atoms with Crippen molar-refractivity contribution in [3.63, 3.8) is 0 Å². The zero-order valence-electron chi connectivity index (χ0n) is 11.4. The lowest BCUT2D eigenvalue weighted by molar-refractivity contribution is -0.139. The summed E-state index contributed by atoms with van der Waals surface area (Å²) >= 11 is 1.65. The van der Waals surface area contributed by atoms with Gasteiger partial charge in [-0.3, -0.25) is 4.79 Å². The van der Waals surface area contributed by atoms with Crippen LogP contribution in [0, 0.1) is 0 Å². The lowest BCUT2D eigenvalue weighted by atomic mass is 10.1. The monoisotopic (exact) mass is 283 g/mol. The topological polar surface area (TPSA) is 58.6 Å². The largest absolute Gasteiger partial charge is 0.494 e. The van der Waals surface area contributed by atoms with Crippen molar-refractivity contribution in [2.24, 2.45) is 0 Å². The van der Waals surface area contributed by atoms with Crippen LogP contribution < -0.4 is 10.1 Å². The second-order valence-corrected chi connectivity index (χ2v) is 5.08. The van der Waals surface area contributed by atoms with Gasteiger partial charge in [0.25, 0.3) is 0 Å². The van der Waals surface area contributed by atoms with Crippen molar-refractivity contribution in [1.82, 2.24) is 5.32 Å². The molecular weight excluding hydrogens is 262 g/mol. The Bertz CT molecular complexity index is 398. The lowest BCUT2D eigenvalue weighted by Crippen LogP contribution is -2.36. The molecule has 5 heteroatoms. The SMILES string of the molecule is CCOc1ccccc1CN[C@@H](CCSC)C(=O)O. The number of rotatable bonds is 9. The molecule has 2 N–H and O–H groups in total. The molecule has 0 aromatic heterocycles. The van der Waals surface area contributed by atoms with Crippen LogP contribution >= 0.6 is 11.8 Å². The third-order valence-electron chi connectivity index (χ3n) is 2.72. The third-order valence-corrected chi connectivity index (χ3v) is 3.36. The highest BCUT2D eigenvalue weighted by Gasteiger charge is 2.16. The van der Waals surface area contributed by atoms with Crippen LogP contribution in [0.25, 0.3) is 0 Å². The summed E-state index contributed by atoms with van der Waals surface area (Å²) in [5, 5.41) is 12.2. The van der Waals surface area contributed by atoms with Gasteiger partial charge in [-0.25, -0.2) is 0 Å². The first-order valence-corrected chi connectivity index (χ1v) is 7.74. The maximum atomic E-state index is 11.1. The smallest absolute Gasteiger partial charge is 0.320 e. The summed E-state index contributed by atoms with van der Waals surface area (Å²) in [6.45, 7) is 3.04. The van der Waals surface area contributed by atoms with E-state index in [4.69, 9.17) is 9.84 Å². The molecule has 0 radical (unpaired) electrons. The average Bonchev–Trinajstić information content (AvgIpc) is 2.40. The summed E-state index contributed by atoms with van der Waals surface area (Å²) in [4.78, 5) is 11.1. The Labute approximate surface area is 118 Å². The van der Waals surface area contributed by atoms with Gasteiger partial charge in [-0.1, -0.05) is 18.2 Å². The number of thioether (sulfide) groups is 1. The van der Waals surface area contributed by atoms with E-state index in [1.54, 1.807) is 11.8 Å². The van der Waals surface area contributed by atoms with Crippen molar-refractivity contribution in [3.8, 4) is 5.75 Å². The van der Waals surface area contributed by atoms with Crippen LogP contribution in [0.15, 0.2) is 24.3 Å². The number of carboxylic acids is 1. The molecule has 1 rings (SSSR count). The number of benzene rings is 1.